The third kappa shape index (κ3) is 4.23. The van der Waals surface area contributed by atoms with Gasteiger partial charge in [0.05, 0.1) is 11.6 Å². The largest absolute Gasteiger partial charge is 0.270 e. The van der Waals surface area contributed by atoms with Crippen molar-refractivity contribution in [2.45, 2.75) is 24.8 Å². The number of hydrogen-bond acceptors (Lipinski definition) is 4. The molecule has 4 nitrogen and oxygen atoms in total. The Morgan fingerprint density at radius 2 is 1.45 bits per heavy atom. The van der Waals surface area contributed by atoms with Crippen molar-refractivity contribution in [1.82, 2.24) is 14.8 Å². The van der Waals surface area contributed by atoms with Crippen LogP contribution in [0.1, 0.15) is 22.3 Å². The highest BCUT2D eigenvalue weighted by Crippen LogP contribution is 2.30. The van der Waals surface area contributed by atoms with Gasteiger partial charge < -0.3 is 0 Å². The van der Waals surface area contributed by atoms with E-state index < -0.39 is 0 Å². The fourth-order valence-electron chi connectivity index (χ4n) is 3.00. The smallest absolute Gasteiger partial charge is 0.196 e. The van der Waals surface area contributed by atoms with Gasteiger partial charge in [-0.25, -0.2) is 0 Å². The van der Waals surface area contributed by atoms with Crippen molar-refractivity contribution < 1.29 is 0 Å². The van der Waals surface area contributed by atoms with Crippen LogP contribution in [0.2, 0.25) is 0 Å². The number of nitriles is 1. The molecule has 29 heavy (non-hydrogen) atoms. The van der Waals surface area contributed by atoms with Crippen LogP contribution in [-0.4, -0.2) is 14.8 Å². The predicted octanol–water partition coefficient (Wildman–Crippen LogP) is 5.72. The fraction of sp³-hybridized carbons (Fsp3) is 0.125. The molecule has 0 aliphatic heterocycles. The average Bonchev–Trinajstić information content (AvgIpc) is 3.17. The Bertz CT molecular complexity index is 1150. The number of aromatic nitrogens is 3. The molecule has 4 rings (SSSR count). The quantitative estimate of drug-likeness (QED) is 0.405. The number of benzene rings is 3. The van der Waals surface area contributed by atoms with Gasteiger partial charge in [0.15, 0.2) is 11.0 Å². The molecular formula is C24H20N4S. The standard InChI is InChI=1S/C24H20N4S/c1-17-3-11-21(12-4-17)23-26-27-24(28(23)22-13-5-18(2)6-14-22)29-16-20-9-7-19(15-25)8-10-20/h3-14H,16H2,1-2H3. The van der Waals surface area contributed by atoms with Gasteiger partial charge in [0, 0.05) is 17.0 Å². The summed E-state index contributed by atoms with van der Waals surface area (Å²) in [4.78, 5) is 0. The van der Waals surface area contributed by atoms with Crippen molar-refractivity contribution in [3.8, 4) is 23.1 Å². The summed E-state index contributed by atoms with van der Waals surface area (Å²) in [6.07, 6.45) is 0. The zero-order valence-corrected chi connectivity index (χ0v) is 17.1. The molecule has 0 atom stereocenters. The minimum atomic E-state index is 0.670. The molecule has 142 valence electrons. The lowest BCUT2D eigenvalue weighted by Crippen LogP contribution is -2.00. The SMILES string of the molecule is Cc1ccc(-c2nnc(SCc3ccc(C#N)cc3)n2-c2ccc(C)cc2)cc1. The zero-order chi connectivity index (χ0) is 20.2. The van der Waals surface area contributed by atoms with Gasteiger partial charge in [-0.2, -0.15) is 5.26 Å². The van der Waals surface area contributed by atoms with Crippen molar-refractivity contribution in [2.75, 3.05) is 0 Å². The van der Waals surface area contributed by atoms with Crippen LogP contribution < -0.4 is 0 Å². The summed E-state index contributed by atoms with van der Waals surface area (Å²) >= 11 is 1.64. The lowest BCUT2D eigenvalue weighted by Gasteiger charge is -2.11. The fourth-order valence-corrected chi connectivity index (χ4v) is 3.91. The van der Waals surface area contributed by atoms with Crippen molar-refractivity contribution in [1.29, 1.82) is 5.26 Å². The number of thioether (sulfide) groups is 1. The highest BCUT2D eigenvalue weighted by atomic mass is 32.2. The first-order valence-electron chi connectivity index (χ1n) is 9.35. The maximum atomic E-state index is 8.97. The first-order valence-corrected chi connectivity index (χ1v) is 10.3. The molecule has 0 radical (unpaired) electrons. The summed E-state index contributed by atoms with van der Waals surface area (Å²) in [5, 5.41) is 18.8. The maximum Gasteiger partial charge on any atom is 0.196 e. The van der Waals surface area contributed by atoms with Crippen molar-refractivity contribution in [3.63, 3.8) is 0 Å². The van der Waals surface area contributed by atoms with Crippen LogP contribution in [0.25, 0.3) is 17.1 Å². The first kappa shape index (κ1) is 19.0. The van der Waals surface area contributed by atoms with E-state index in [9.17, 15) is 0 Å². The van der Waals surface area contributed by atoms with Crippen LogP contribution in [0.15, 0.2) is 78.0 Å². The van der Waals surface area contributed by atoms with Gasteiger partial charge in [0.1, 0.15) is 0 Å². The first-order chi connectivity index (χ1) is 14.1. The molecule has 5 heteroatoms. The van der Waals surface area contributed by atoms with Crippen molar-refractivity contribution >= 4 is 11.8 Å². The monoisotopic (exact) mass is 396 g/mol. The predicted molar refractivity (Wildman–Crippen MR) is 117 cm³/mol. The maximum absolute atomic E-state index is 8.97. The van der Waals surface area contributed by atoms with Gasteiger partial charge in [-0.1, -0.05) is 71.4 Å². The molecular weight excluding hydrogens is 376 g/mol. The molecule has 0 saturated heterocycles. The number of rotatable bonds is 5. The Hall–Kier alpha value is -3.36. The lowest BCUT2D eigenvalue weighted by molar-refractivity contribution is 0.885. The summed E-state index contributed by atoms with van der Waals surface area (Å²) in [6, 6.07) is 26.6. The molecule has 0 amide bonds. The molecule has 3 aromatic carbocycles. The van der Waals surface area contributed by atoms with E-state index >= 15 is 0 Å². The Balaban J connectivity index is 1.70. The minimum absolute atomic E-state index is 0.670. The molecule has 0 saturated carbocycles. The van der Waals surface area contributed by atoms with Gasteiger partial charge in [0.25, 0.3) is 0 Å². The van der Waals surface area contributed by atoms with Crippen LogP contribution in [0.3, 0.4) is 0 Å². The van der Waals surface area contributed by atoms with E-state index in [0.29, 0.717) is 5.56 Å². The Labute approximate surface area is 174 Å². The Morgan fingerprint density at radius 3 is 2.07 bits per heavy atom. The Morgan fingerprint density at radius 1 is 0.828 bits per heavy atom. The van der Waals surface area contributed by atoms with Crippen LogP contribution in [0.5, 0.6) is 0 Å². The molecule has 0 aliphatic rings. The molecule has 0 fully saturated rings. The molecule has 0 spiro atoms. The van der Waals surface area contributed by atoms with Crippen molar-refractivity contribution in [2.24, 2.45) is 0 Å². The number of aryl methyl sites for hydroxylation is 2. The van der Waals surface area contributed by atoms with Gasteiger partial charge >= 0.3 is 0 Å². The van der Waals surface area contributed by atoms with E-state index in [-0.39, 0.29) is 0 Å². The third-order valence-electron chi connectivity index (χ3n) is 4.69. The van der Waals surface area contributed by atoms with E-state index in [1.807, 2.05) is 24.3 Å². The van der Waals surface area contributed by atoms with Crippen LogP contribution >= 0.6 is 11.8 Å². The molecule has 1 aromatic heterocycles. The third-order valence-corrected chi connectivity index (χ3v) is 5.69. The second-order valence-electron chi connectivity index (χ2n) is 6.94. The van der Waals surface area contributed by atoms with Gasteiger partial charge in [0.2, 0.25) is 0 Å². The van der Waals surface area contributed by atoms with Gasteiger partial charge in [-0.15, -0.1) is 10.2 Å². The summed E-state index contributed by atoms with van der Waals surface area (Å²) in [7, 11) is 0. The molecule has 0 unspecified atom stereocenters. The average molecular weight is 397 g/mol. The van der Waals surface area contributed by atoms with E-state index in [0.717, 1.165) is 33.5 Å². The van der Waals surface area contributed by atoms with E-state index in [1.165, 1.54) is 11.1 Å². The lowest BCUT2D eigenvalue weighted by atomic mass is 10.1. The topological polar surface area (TPSA) is 54.5 Å². The number of hydrogen-bond donors (Lipinski definition) is 0. The zero-order valence-electron chi connectivity index (χ0n) is 16.3. The molecule has 0 bridgehead atoms. The highest BCUT2D eigenvalue weighted by Gasteiger charge is 2.16. The van der Waals surface area contributed by atoms with Crippen LogP contribution in [0, 0.1) is 25.2 Å². The normalized spacial score (nSPS) is 10.7. The Kier molecular flexibility index (Phi) is 5.46. The summed E-state index contributed by atoms with van der Waals surface area (Å²) < 4.78 is 2.11. The second kappa shape index (κ2) is 8.34. The minimum Gasteiger partial charge on any atom is -0.270 e. The summed E-state index contributed by atoms with van der Waals surface area (Å²) in [5.41, 5.74) is 6.32. The van der Waals surface area contributed by atoms with Gasteiger partial charge in [-0.3, -0.25) is 4.57 Å². The van der Waals surface area contributed by atoms with E-state index in [2.05, 4.69) is 83.2 Å². The molecule has 0 aliphatic carbocycles. The van der Waals surface area contributed by atoms with E-state index in [1.54, 1.807) is 11.8 Å². The van der Waals surface area contributed by atoms with E-state index in [4.69, 9.17) is 5.26 Å². The molecule has 0 N–H and O–H groups in total. The van der Waals surface area contributed by atoms with Crippen molar-refractivity contribution in [3.05, 3.63) is 95.1 Å². The van der Waals surface area contributed by atoms with Crippen LogP contribution in [-0.2, 0) is 5.75 Å². The molecule has 4 aromatic rings. The second-order valence-corrected chi connectivity index (χ2v) is 7.88. The number of nitrogens with zero attached hydrogens (tertiary/aromatic N) is 4. The highest BCUT2D eigenvalue weighted by molar-refractivity contribution is 7.98. The molecule has 1 heterocycles. The van der Waals surface area contributed by atoms with Gasteiger partial charge in [-0.05, 0) is 43.7 Å². The summed E-state index contributed by atoms with van der Waals surface area (Å²) in [6.45, 7) is 4.16. The van der Waals surface area contributed by atoms with Crippen LogP contribution in [0.4, 0.5) is 0 Å². The summed E-state index contributed by atoms with van der Waals surface area (Å²) in [5.74, 6) is 1.58.